The van der Waals surface area contributed by atoms with Gasteiger partial charge in [0.25, 0.3) is 0 Å². The first-order valence-electron chi connectivity index (χ1n) is 17.7. The molecule has 1 unspecified atom stereocenters. The Morgan fingerprint density at radius 2 is 1.98 bits per heavy atom. The van der Waals surface area contributed by atoms with E-state index in [1.54, 1.807) is 12.1 Å². The van der Waals surface area contributed by atoms with Crippen LogP contribution in [0.3, 0.4) is 0 Å². The number of hydrogen-bond donors (Lipinski definition) is 3. The Hall–Kier alpha value is -3.87. The molecule has 0 spiro atoms. The van der Waals surface area contributed by atoms with Crippen LogP contribution in [0.5, 0.6) is 17.6 Å². The summed E-state index contributed by atoms with van der Waals surface area (Å²) in [6, 6.07) is 6.51. The second-order valence-electron chi connectivity index (χ2n) is 15.6. The normalized spacial score (nSPS) is 29.1. The zero-order valence-electron chi connectivity index (χ0n) is 27.5. The number of piperidine rings is 1. The first-order valence-corrected chi connectivity index (χ1v) is 17.7. The first kappa shape index (κ1) is 30.0. The molecule has 6 aliphatic rings. The van der Waals surface area contributed by atoms with E-state index in [1.165, 1.54) is 12.1 Å². The van der Waals surface area contributed by atoms with E-state index in [4.69, 9.17) is 24.4 Å². The van der Waals surface area contributed by atoms with Crippen LogP contribution in [0.25, 0.3) is 32.9 Å². The van der Waals surface area contributed by atoms with E-state index >= 15 is 8.78 Å². The lowest BCUT2D eigenvalue weighted by molar-refractivity contribution is 0.143. The highest BCUT2D eigenvalue weighted by atomic mass is 19.1. The van der Waals surface area contributed by atoms with E-state index in [2.05, 4.69) is 15.1 Å². The quantitative estimate of drug-likeness (QED) is 0.246. The standard InChI is InChI=1S/C37H40F2N6O4/c1-2-23-25(38)5-3-19-9-22(47)10-24(28(19)23)31-30(39)32-29-33(45-13-21-4-6-26(40-21)27(45)14-48-34(29)41-31)43-35(42-32)49-18-36(7-8-36)15-44-12-20-11-37(20,16-44)17-46/h3,5,9-10,20-21,26-27,40,46-47H,2,4,6-8,11-18H2,1H3/t20?,21-,26+,27+,37+/m1/s1. The van der Waals surface area contributed by atoms with Gasteiger partial charge >= 0.3 is 6.01 Å². The van der Waals surface area contributed by atoms with E-state index in [9.17, 15) is 10.2 Å². The molecule has 4 aliphatic heterocycles. The number of nitrogens with one attached hydrogen (secondary N) is 1. The number of likely N-dealkylation sites (tertiary alicyclic amines) is 1. The van der Waals surface area contributed by atoms with Crippen LogP contribution in [0.15, 0.2) is 24.3 Å². The lowest BCUT2D eigenvalue weighted by Crippen LogP contribution is -2.60. The number of benzene rings is 2. The summed E-state index contributed by atoms with van der Waals surface area (Å²) >= 11 is 0. The Labute approximate surface area is 282 Å². The van der Waals surface area contributed by atoms with E-state index in [1.807, 2.05) is 6.92 Å². The zero-order valence-corrected chi connectivity index (χ0v) is 27.5. The van der Waals surface area contributed by atoms with E-state index in [-0.39, 0.29) is 63.9 Å². The molecule has 10 nitrogen and oxygen atoms in total. The summed E-state index contributed by atoms with van der Waals surface area (Å²) in [5, 5.41) is 25.8. The monoisotopic (exact) mass is 670 g/mol. The van der Waals surface area contributed by atoms with Gasteiger partial charge in [-0.25, -0.2) is 13.8 Å². The number of anilines is 1. The molecular formula is C37H40F2N6O4. The number of fused-ring (bicyclic) bond motifs is 7. The maximum Gasteiger partial charge on any atom is 0.319 e. The number of ether oxygens (including phenoxy) is 2. The Kier molecular flexibility index (Phi) is 6.47. The van der Waals surface area contributed by atoms with Gasteiger partial charge in [0.1, 0.15) is 40.6 Å². The highest BCUT2D eigenvalue weighted by molar-refractivity contribution is 6.03. The third kappa shape index (κ3) is 4.63. The number of aryl methyl sites for hydroxylation is 1. The van der Waals surface area contributed by atoms with Crippen molar-refractivity contribution in [3.63, 3.8) is 0 Å². The second-order valence-corrected chi connectivity index (χ2v) is 15.6. The Bertz CT molecular complexity index is 2040. The highest BCUT2D eigenvalue weighted by Crippen LogP contribution is 2.59. The van der Waals surface area contributed by atoms with Crippen LogP contribution in [0.2, 0.25) is 0 Å². The Morgan fingerprint density at radius 3 is 2.78 bits per heavy atom. The fourth-order valence-corrected chi connectivity index (χ4v) is 9.48. The lowest BCUT2D eigenvalue weighted by Gasteiger charge is -2.40. The van der Waals surface area contributed by atoms with Crippen molar-refractivity contribution in [3.05, 3.63) is 41.5 Å². The predicted molar refractivity (Wildman–Crippen MR) is 179 cm³/mol. The van der Waals surface area contributed by atoms with Crippen molar-refractivity contribution in [2.45, 2.75) is 63.6 Å². The minimum absolute atomic E-state index is 0.0200. The van der Waals surface area contributed by atoms with Crippen molar-refractivity contribution in [2.75, 3.05) is 50.9 Å². The van der Waals surface area contributed by atoms with Crippen molar-refractivity contribution in [2.24, 2.45) is 16.7 Å². The maximum absolute atomic E-state index is 17.1. The molecule has 6 heterocycles. The molecule has 2 bridgehead atoms. The fraction of sp³-hybridized carbons (Fsp3) is 0.541. The van der Waals surface area contributed by atoms with Crippen LogP contribution in [0.1, 0.15) is 44.6 Å². The third-order valence-corrected chi connectivity index (χ3v) is 12.4. The number of halogens is 2. The number of aromatic nitrogens is 3. The molecule has 2 saturated carbocycles. The van der Waals surface area contributed by atoms with Crippen LogP contribution in [0, 0.1) is 28.4 Å². The van der Waals surface area contributed by atoms with Gasteiger partial charge in [0.05, 0.1) is 19.3 Å². The number of phenols is 1. The molecule has 3 saturated heterocycles. The number of hydrogen-bond acceptors (Lipinski definition) is 10. The zero-order chi connectivity index (χ0) is 33.2. The molecule has 12 heteroatoms. The molecule has 5 fully saturated rings. The maximum atomic E-state index is 17.1. The molecular weight excluding hydrogens is 630 g/mol. The molecule has 4 aromatic rings. The van der Waals surface area contributed by atoms with E-state index in [0.717, 1.165) is 51.7 Å². The third-order valence-electron chi connectivity index (χ3n) is 12.4. The van der Waals surface area contributed by atoms with E-state index < -0.39 is 11.6 Å². The van der Waals surface area contributed by atoms with Gasteiger partial charge in [-0.3, -0.25) is 0 Å². The van der Waals surface area contributed by atoms with Crippen molar-refractivity contribution in [1.29, 1.82) is 0 Å². The van der Waals surface area contributed by atoms with Gasteiger partial charge in [0.15, 0.2) is 5.82 Å². The number of rotatable bonds is 8. The first-order chi connectivity index (χ1) is 23.8. The largest absolute Gasteiger partial charge is 0.508 e. The summed E-state index contributed by atoms with van der Waals surface area (Å²) < 4.78 is 45.1. The lowest BCUT2D eigenvalue weighted by atomic mass is 9.94. The predicted octanol–water partition coefficient (Wildman–Crippen LogP) is 4.57. The number of aliphatic hydroxyl groups excluding tert-OH is 1. The number of aliphatic hydroxyl groups is 1. The minimum Gasteiger partial charge on any atom is -0.508 e. The highest BCUT2D eigenvalue weighted by Gasteiger charge is 2.60. The van der Waals surface area contributed by atoms with Gasteiger partial charge in [0, 0.05) is 54.7 Å². The molecule has 0 radical (unpaired) electrons. The molecule has 0 amide bonds. The molecule has 10 rings (SSSR count). The number of aromatic hydroxyl groups is 1. The van der Waals surface area contributed by atoms with Crippen molar-refractivity contribution < 1.29 is 28.5 Å². The summed E-state index contributed by atoms with van der Waals surface area (Å²) in [5.74, 6) is 0.192. The van der Waals surface area contributed by atoms with E-state index in [0.29, 0.717) is 65.7 Å². The molecule has 3 N–H and O–H groups in total. The number of nitrogens with zero attached hydrogens (tertiary/aromatic N) is 5. The van der Waals surface area contributed by atoms with Crippen molar-refractivity contribution in [1.82, 2.24) is 25.2 Å². The Morgan fingerprint density at radius 1 is 1.10 bits per heavy atom. The van der Waals surface area contributed by atoms with Crippen molar-refractivity contribution >= 4 is 27.5 Å². The van der Waals surface area contributed by atoms with Gasteiger partial charge in [-0.1, -0.05) is 13.0 Å². The minimum atomic E-state index is -0.697. The summed E-state index contributed by atoms with van der Waals surface area (Å²) in [5.41, 5.74) is 0.731. The Balaban J connectivity index is 1.08. The summed E-state index contributed by atoms with van der Waals surface area (Å²) in [6.07, 6.45) is 5.61. The van der Waals surface area contributed by atoms with Gasteiger partial charge < -0.3 is 34.8 Å². The second kappa shape index (κ2) is 10.6. The topological polar surface area (TPSA) is 116 Å². The van der Waals surface area contributed by atoms with Gasteiger partial charge in [-0.15, -0.1) is 0 Å². The summed E-state index contributed by atoms with van der Waals surface area (Å²) in [7, 11) is 0. The average Bonchev–Trinajstić information content (AvgIpc) is 3.95. The van der Waals surface area contributed by atoms with Gasteiger partial charge in [-0.05, 0) is 79.0 Å². The molecule has 256 valence electrons. The molecule has 2 aromatic heterocycles. The van der Waals surface area contributed by atoms with Gasteiger partial charge in [-0.2, -0.15) is 9.97 Å². The number of pyridine rings is 1. The molecule has 49 heavy (non-hydrogen) atoms. The molecule has 2 aromatic carbocycles. The smallest absolute Gasteiger partial charge is 0.319 e. The fourth-order valence-electron chi connectivity index (χ4n) is 9.48. The average molecular weight is 671 g/mol. The van der Waals surface area contributed by atoms with Crippen molar-refractivity contribution in [3.8, 4) is 28.9 Å². The summed E-state index contributed by atoms with van der Waals surface area (Å²) in [6.45, 7) is 6.38. The van der Waals surface area contributed by atoms with Crippen LogP contribution in [-0.2, 0) is 6.42 Å². The SMILES string of the molecule is CCc1c(F)ccc2cc(O)cc(-c3nc4c5c(nc(OCC6(CN7CC8C[C@@]8(CO)C7)CC6)nc5c3F)N3C[C@H]5CC[C@H](N5)[C@@H]3CO4)c12. The van der Waals surface area contributed by atoms with Crippen LogP contribution >= 0.6 is 0 Å². The number of piperazine rings is 1. The van der Waals surface area contributed by atoms with Crippen LogP contribution in [0.4, 0.5) is 14.6 Å². The molecule has 2 aliphatic carbocycles. The molecule has 5 atom stereocenters. The number of phenolic OH excluding ortho intramolecular Hbond substituents is 1. The van der Waals surface area contributed by atoms with Crippen LogP contribution in [-0.4, -0.2) is 94.2 Å². The van der Waals surface area contributed by atoms with Crippen LogP contribution < -0.4 is 19.7 Å². The summed E-state index contributed by atoms with van der Waals surface area (Å²) in [4.78, 5) is 19.1. The van der Waals surface area contributed by atoms with Gasteiger partial charge in [0.2, 0.25) is 5.88 Å².